The van der Waals surface area contributed by atoms with Gasteiger partial charge in [-0.25, -0.2) is 9.50 Å². The lowest BCUT2D eigenvalue weighted by Gasteiger charge is -2.19. The van der Waals surface area contributed by atoms with Gasteiger partial charge in [0.2, 0.25) is 11.7 Å². The topological polar surface area (TPSA) is 92.5 Å². The van der Waals surface area contributed by atoms with Crippen LogP contribution >= 0.6 is 23.2 Å². The number of carbonyl (C=O) groups is 2. The molecule has 8 nitrogen and oxygen atoms in total. The molecule has 2 amide bonds. The Morgan fingerprint density at radius 3 is 2.50 bits per heavy atom. The van der Waals surface area contributed by atoms with Crippen LogP contribution < -0.4 is 5.32 Å². The van der Waals surface area contributed by atoms with Gasteiger partial charge < -0.3 is 10.2 Å². The van der Waals surface area contributed by atoms with Crippen LogP contribution in [-0.4, -0.2) is 49.4 Å². The van der Waals surface area contributed by atoms with Gasteiger partial charge in [0.05, 0.1) is 15.7 Å². The number of para-hydroxylation sites is 1. The third kappa shape index (κ3) is 4.07. The zero-order valence-electron chi connectivity index (χ0n) is 15.5. The number of benzene rings is 1. The molecule has 0 unspecified atom stereocenters. The summed E-state index contributed by atoms with van der Waals surface area (Å²) in [5.74, 6) is -0.583. The molecule has 0 radical (unpaired) electrons. The Hall–Kier alpha value is -2.71. The standard InChI is InChI=1S/C18H18Cl2N6O2/c1-4-25(9-14(27)22-15-12(19)6-5-7-13(15)20)17(28)16-23-18-21-10(2)8-11(3)26(18)24-16/h5-8H,4,9H2,1-3H3,(H,22,27). The van der Waals surface area contributed by atoms with Crippen molar-refractivity contribution in [2.75, 3.05) is 18.4 Å². The van der Waals surface area contributed by atoms with Crippen LogP contribution in [0.2, 0.25) is 10.0 Å². The molecule has 0 atom stereocenters. The van der Waals surface area contributed by atoms with Gasteiger partial charge >= 0.3 is 0 Å². The minimum absolute atomic E-state index is 0.0216. The summed E-state index contributed by atoms with van der Waals surface area (Å²) < 4.78 is 1.50. The number of aryl methyl sites for hydroxylation is 2. The van der Waals surface area contributed by atoms with Crippen LogP contribution in [-0.2, 0) is 4.79 Å². The van der Waals surface area contributed by atoms with E-state index in [2.05, 4.69) is 20.4 Å². The van der Waals surface area contributed by atoms with Gasteiger partial charge in [-0.15, -0.1) is 5.10 Å². The minimum Gasteiger partial charge on any atom is -0.327 e. The van der Waals surface area contributed by atoms with Crippen molar-refractivity contribution in [1.29, 1.82) is 0 Å². The molecule has 0 aliphatic carbocycles. The van der Waals surface area contributed by atoms with Crippen molar-refractivity contribution in [3.63, 3.8) is 0 Å². The molecule has 146 valence electrons. The first kappa shape index (κ1) is 20.0. The average Bonchev–Trinajstić information content (AvgIpc) is 3.06. The third-order valence-electron chi connectivity index (χ3n) is 4.04. The second-order valence-corrected chi connectivity index (χ2v) is 6.96. The van der Waals surface area contributed by atoms with Crippen molar-refractivity contribution < 1.29 is 9.59 Å². The Kier molecular flexibility index (Phi) is 5.81. The lowest BCUT2D eigenvalue weighted by molar-refractivity contribution is -0.116. The minimum atomic E-state index is -0.467. The van der Waals surface area contributed by atoms with E-state index in [1.165, 1.54) is 9.42 Å². The molecular formula is C18H18Cl2N6O2. The van der Waals surface area contributed by atoms with Crippen molar-refractivity contribution >= 4 is 46.5 Å². The average molecular weight is 421 g/mol. The van der Waals surface area contributed by atoms with E-state index in [0.29, 0.717) is 28.1 Å². The summed E-state index contributed by atoms with van der Waals surface area (Å²) in [6.07, 6.45) is 0. The SMILES string of the molecule is CCN(CC(=O)Nc1c(Cl)cccc1Cl)C(=O)c1nc2nc(C)cc(C)n2n1. The smallest absolute Gasteiger partial charge is 0.294 e. The predicted octanol–water partition coefficient (Wildman–Crippen LogP) is 3.15. The number of fused-ring (bicyclic) bond motifs is 1. The molecule has 0 saturated carbocycles. The van der Waals surface area contributed by atoms with E-state index in [-0.39, 0.29) is 12.4 Å². The molecule has 1 aromatic carbocycles. The lowest BCUT2D eigenvalue weighted by atomic mass is 10.3. The van der Waals surface area contributed by atoms with Gasteiger partial charge in [-0.3, -0.25) is 9.59 Å². The second kappa shape index (κ2) is 8.12. The fraction of sp³-hybridized carbons (Fsp3) is 0.278. The van der Waals surface area contributed by atoms with E-state index < -0.39 is 11.8 Å². The molecule has 0 fully saturated rings. The van der Waals surface area contributed by atoms with Crippen molar-refractivity contribution in [3.8, 4) is 0 Å². The van der Waals surface area contributed by atoms with Crippen LogP contribution in [0.3, 0.4) is 0 Å². The van der Waals surface area contributed by atoms with Gasteiger partial charge in [0, 0.05) is 17.9 Å². The summed E-state index contributed by atoms with van der Waals surface area (Å²) in [5.41, 5.74) is 1.89. The molecule has 3 rings (SSSR count). The Morgan fingerprint density at radius 2 is 1.86 bits per heavy atom. The van der Waals surface area contributed by atoms with E-state index >= 15 is 0 Å². The molecule has 1 N–H and O–H groups in total. The van der Waals surface area contributed by atoms with E-state index in [0.717, 1.165) is 11.4 Å². The molecule has 2 heterocycles. The molecule has 0 aliphatic heterocycles. The molecule has 0 bridgehead atoms. The lowest BCUT2D eigenvalue weighted by Crippen LogP contribution is -2.38. The summed E-state index contributed by atoms with van der Waals surface area (Å²) in [5, 5.41) is 7.49. The third-order valence-corrected chi connectivity index (χ3v) is 4.67. The first-order valence-electron chi connectivity index (χ1n) is 8.54. The van der Waals surface area contributed by atoms with Gasteiger partial charge in [-0.1, -0.05) is 29.3 Å². The Morgan fingerprint density at radius 1 is 1.18 bits per heavy atom. The van der Waals surface area contributed by atoms with Crippen LogP contribution in [0.1, 0.15) is 28.9 Å². The van der Waals surface area contributed by atoms with E-state index in [1.54, 1.807) is 25.1 Å². The summed E-state index contributed by atoms with van der Waals surface area (Å²) in [6.45, 7) is 5.55. The number of rotatable bonds is 5. The van der Waals surface area contributed by atoms with Crippen molar-refractivity contribution in [1.82, 2.24) is 24.5 Å². The van der Waals surface area contributed by atoms with E-state index in [4.69, 9.17) is 23.2 Å². The Balaban J connectivity index is 1.78. The number of hydrogen-bond donors (Lipinski definition) is 1. The number of carbonyl (C=O) groups excluding carboxylic acids is 2. The monoisotopic (exact) mass is 420 g/mol. The van der Waals surface area contributed by atoms with Crippen LogP contribution in [0.15, 0.2) is 24.3 Å². The quantitative estimate of drug-likeness (QED) is 0.683. The first-order valence-corrected chi connectivity index (χ1v) is 9.30. The van der Waals surface area contributed by atoms with Gasteiger partial charge in [0.25, 0.3) is 11.7 Å². The molecule has 10 heteroatoms. The first-order chi connectivity index (χ1) is 13.3. The molecule has 3 aromatic rings. The number of nitrogens with zero attached hydrogens (tertiary/aromatic N) is 5. The highest BCUT2D eigenvalue weighted by atomic mass is 35.5. The van der Waals surface area contributed by atoms with Gasteiger partial charge in [-0.05, 0) is 39.0 Å². The molecule has 0 spiro atoms. The summed E-state index contributed by atoms with van der Waals surface area (Å²) in [6, 6.07) is 6.75. The van der Waals surface area contributed by atoms with Crippen molar-refractivity contribution in [2.45, 2.75) is 20.8 Å². The highest BCUT2D eigenvalue weighted by Gasteiger charge is 2.23. The Labute approximate surface area is 171 Å². The number of hydrogen-bond acceptors (Lipinski definition) is 5. The number of halogens is 2. The fourth-order valence-electron chi connectivity index (χ4n) is 2.70. The van der Waals surface area contributed by atoms with Crippen LogP contribution in [0.5, 0.6) is 0 Å². The molecule has 0 aliphatic rings. The van der Waals surface area contributed by atoms with Crippen molar-refractivity contribution in [3.05, 3.63) is 51.5 Å². The molecule has 2 aromatic heterocycles. The largest absolute Gasteiger partial charge is 0.327 e. The normalized spacial score (nSPS) is 10.9. The van der Waals surface area contributed by atoms with Crippen molar-refractivity contribution in [2.24, 2.45) is 0 Å². The summed E-state index contributed by atoms with van der Waals surface area (Å²) >= 11 is 12.1. The van der Waals surface area contributed by atoms with Crippen LogP contribution in [0, 0.1) is 13.8 Å². The number of likely N-dealkylation sites (N-methyl/N-ethyl adjacent to an activating group) is 1. The summed E-state index contributed by atoms with van der Waals surface area (Å²) in [7, 11) is 0. The zero-order chi connectivity index (χ0) is 20.4. The van der Waals surface area contributed by atoms with Gasteiger partial charge in [0.15, 0.2) is 0 Å². The number of aromatic nitrogens is 4. The summed E-state index contributed by atoms with van der Waals surface area (Å²) in [4.78, 5) is 35.0. The highest BCUT2D eigenvalue weighted by Crippen LogP contribution is 2.29. The molecule has 28 heavy (non-hydrogen) atoms. The van der Waals surface area contributed by atoms with Crippen LogP contribution in [0.25, 0.3) is 5.78 Å². The number of amides is 2. The highest BCUT2D eigenvalue weighted by molar-refractivity contribution is 6.39. The van der Waals surface area contributed by atoms with Gasteiger partial charge in [0.1, 0.15) is 6.54 Å². The number of nitrogens with one attached hydrogen (secondary N) is 1. The predicted molar refractivity (Wildman–Crippen MR) is 107 cm³/mol. The fourth-order valence-corrected chi connectivity index (χ4v) is 3.19. The van der Waals surface area contributed by atoms with E-state index in [9.17, 15) is 9.59 Å². The van der Waals surface area contributed by atoms with E-state index in [1.807, 2.05) is 19.9 Å². The molecular weight excluding hydrogens is 403 g/mol. The van der Waals surface area contributed by atoms with Gasteiger partial charge in [-0.2, -0.15) is 4.98 Å². The molecule has 0 saturated heterocycles. The second-order valence-electron chi connectivity index (χ2n) is 6.15. The Bertz CT molecular complexity index is 1050. The number of anilines is 1. The maximum atomic E-state index is 12.8. The van der Waals surface area contributed by atoms with Crippen LogP contribution in [0.4, 0.5) is 5.69 Å². The zero-order valence-corrected chi connectivity index (χ0v) is 17.0. The maximum absolute atomic E-state index is 12.8. The maximum Gasteiger partial charge on any atom is 0.294 e.